The van der Waals surface area contributed by atoms with Crippen molar-refractivity contribution in [1.29, 1.82) is 0 Å². The molecule has 0 aromatic rings. The predicted octanol–water partition coefficient (Wildman–Crippen LogP) is 3.56. The van der Waals surface area contributed by atoms with Gasteiger partial charge in [0.15, 0.2) is 0 Å². The Labute approximate surface area is 80.6 Å². The number of alkyl halides is 3. The minimum atomic E-state index is -4.62. The third-order valence-electron chi connectivity index (χ3n) is 2.01. The highest BCUT2D eigenvalue weighted by molar-refractivity contribution is 5.28. The number of hydrogen-bond acceptors (Lipinski definition) is 1. The van der Waals surface area contributed by atoms with Gasteiger partial charge in [-0.3, -0.25) is 0 Å². The summed E-state index contributed by atoms with van der Waals surface area (Å²) >= 11 is 0. The van der Waals surface area contributed by atoms with Crippen LogP contribution in [0.5, 0.6) is 0 Å². The molecular weight excluding hydrogens is 193 g/mol. The van der Waals surface area contributed by atoms with Crippen LogP contribution in [-0.4, -0.2) is 6.36 Å². The van der Waals surface area contributed by atoms with E-state index in [1.807, 2.05) is 13.8 Å². The summed E-state index contributed by atoms with van der Waals surface area (Å²) in [5.74, 6) is -0.0400. The Hall–Kier alpha value is -1.19. The largest absolute Gasteiger partial charge is 0.573 e. The van der Waals surface area contributed by atoms with Crippen LogP contribution in [0.1, 0.15) is 13.8 Å². The first-order chi connectivity index (χ1) is 6.38. The topological polar surface area (TPSA) is 9.23 Å². The Bertz CT molecular complexity index is 297. The summed E-state index contributed by atoms with van der Waals surface area (Å²) in [6, 6.07) is 0. The van der Waals surface area contributed by atoms with Crippen LogP contribution in [0.3, 0.4) is 0 Å². The highest BCUT2D eigenvalue weighted by Crippen LogP contribution is 2.24. The quantitative estimate of drug-likeness (QED) is 0.634. The van der Waals surface area contributed by atoms with Crippen molar-refractivity contribution in [3.05, 3.63) is 35.6 Å². The fourth-order valence-corrected chi connectivity index (χ4v) is 1.01. The van der Waals surface area contributed by atoms with Crippen LogP contribution in [0.15, 0.2) is 35.6 Å². The zero-order chi connectivity index (χ0) is 10.8. The van der Waals surface area contributed by atoms with Gasteiger partial charge in [-0.2, -0.15) is 0 Å². The van der Waals surface area contributed by atoms with Crippen LogP contribution >= 0.6 is 0 Å². The molecule has 0 heterocycles. The number of halogens is 3. The van der Waals surface area contributed by atoms with E-state index in [0.717, 1.165) is 5.57 Å². The zero-order valence-electron chi connectivity index (χ0n) is 7.93. The smallest absolute Gasteiger partial charge is 0.406 e. The summed E-state index contributed by atoms with van der Waals surface area (Å²) in [7, 11) is 0. The molecule has 0 bridgehead atoms. The molecule has 0 unspecified atom stereocenters. The van der Waals surface area contributed by atoms with Gasteiger partial charge in [-0.15, -0.1) is 13.2 Å². The van der Waals surface area contributed by atoms with Crippen LogP contribution in [0.2, 0.25) is 0 Å². The zero-order valence-corrected chi connectivity index (χ0v) is 7.93. The first-order valence-electron chi connectivity index (χ1n) is 4.21. The van der Waals surface area contributed by atoms with Crippen molar-refractivity contribution in [2.75, 3.05) is 0 Å². The van der Waals surface area contributed by atoms with Crippen LogP contribution in [0.25, 0.3) is 0 Å². The van der Waals surface area contributed by atoms with E-state index in [0.29, 0.717) is 0 Å². The van der Waals surface area contributed by atoms with E-state index in [2.05, 4.69) is 4.74 Å². The fraction of sp³-hybridized carbons (Fsp3) is 0.400. The van der Waals surface area contributed by atoms with Crippen molar-refractivity contribution < 1.29 is 17.9 Å². The Morgan fingerprint density at radius 1 is 1.29 bits per heavy atom. The van der Waals surface area contributed by atoms with E-state index >= 15 is 0 Å². The van der Waals surface area contributed by atoms with E-state index in [9.17, 15) is 13.2 Å². The lowest BCUT2D eigenvalue weighted by Gasteiger charge is -2.08. The third-order valence-corrected chi connectivity index (χ3v) is 2.01. The van der Waals surface area contributed by atoms with Gasteiger partial charge >= 0.3 is 6.36 Å². The van der Waals surface area contributed by atoms with Crippen LogP contribution in [0.4, 0.5) is 13.2 Å². The SMILES string of the molecule is CC1=CC=C(OC(F)(F)F)C=C[C@@H]1C. The molecule has 0 aliphatic heterocycles. The molecule has 0 N–H and O–H groups in total. The van der Waals surface area contributed by atoms with Gasteiger partial charge in [0, 0.05) is 0 Å². The molecule has 0 amide bonds. The summed E-state index contributed by atoms with van der Waals surface area (Å²) < 4.78 is 39.3. The van der Waals surface area contributed by atoms with Gasteiger partial charge in [0.25, 0.3) is 0 Å². The summed E-state index contributed by atoms with van der Waals surface area (Å²) in [5, 5.41) is 0. The molecule has 78 valence electrons. The maximum Gasteiger partial charge on any atom is 0.573 e. The molecule has 0 saturated heterocycles. The Morgan fingerprint density at radius 2 is 1.93 bits per heavy atom. The number of rotatable bonds is 1. The summed E-state index contributed by atoms with van der Waals surface area (Å²) in [4.78, 5) is 0. The van der Waals surface area contributed by atoms with Crippen molar-refractivity contribution >= 4 is 0 Å². The van der Waals surface area contributed by atoms with E-state index < -0.39 is 6.36 Å². The van der Waals surface area contributed by atoms with Crippen LogP contribution < -0.4 is 0 Å². The van der Waals surface area contributed by atoms with Gasteiger partial charge in [0.2, 0.25) is 0 Å². The average Bonchev–Trinajstić information content (AvgIpc) is 2.17. The van der Waals surface area contributed by atoms with E-state index in [4.69, 9.17) is 0 Å². The van der Waals surface area contributed by atoms with Crippen LogP contribution in [0, 0.1) is 5.92 Å². The van der Waals surface area contributed by atoms with Gasteiger partial charge in [0.05, 0.1) is 0 Å². The first kappa shape index (κ1) is 10.9. The summed E-state index contributed by atoms with van der Waals surface area (Å²) in [6.07, 6.45) is 1.35. The van der Waals surface area contributed by atoms with Gasteiger partial charge < -0.3 is 4.74 Å². The monoisotopic (exact) mass is 204 g/mol. The molecule has 1 aliphatic rings. The lowest BCUT2D eigenvalue weighted by Crippen LogP contribution is -2.11. The standard InChI is InChI=1S/C10H11F3O/c1-7-3-5-9(6-4-8(7)2)14-10(11,12)13/h3-7H,1-2H3/t7-/m0/s1. The Morgan fingerprint density at radius 3 is 2.50 bits per heavy atom. The fourth-order valence-electron chi connectivity index (χ4n) is 1.01. The molecule has 0 aromatic carbocycles. The predicted molar refractivity (Wildman–Crippen MR) is 47.3 cm³/mol. The molecule has 14 heavy (non-hydrogen) atoms. The second-order valence-electron chi connectivity index (χ2n) is 3.18. The molecule has 0 fully saturated rings. The molecule has 0 spiro atoms. The molecule has 4 heteroatoms. The normalized spacial score (nSPS) is 22.5. The van der Waals surface area contributed by atoms with Crippen molar-refractivity contribution in [3.63, 3.8) is 0 Å². The van der Waals surface area contributed by atoms with Gasteiger partial charge in [-0.25, -0.2) is 0 Å². The lowest BCUT2D eigenvalue weighted by molar-refractivity contribution is -0.303. The van der Waals surface area contributed by atoms with E-state index in [1.54, 1.807) is 12.2 Å². The van der Waals surface area contributed by atoms with E-state index in [-0.39, 0.29) is 11.7 Å². The lowest BCUT2D eigenvalue weighted by atomic mass is 10.0. The Kier molecular flexibility index (Phi) is 3.03. The Balaban J connectivity index is 2.78. The maximum atomic E-state index is 11.8. The van der Waals surface area contributed by atoms with Crippen molar-refractivity contribution in [2.45, 2.75) is 20.2 Å². The highest BCUT2D eigenvalue weighted by atomic mass is 19.4. The van der Waals surface area contributed by atoms with Crippen LogP contribution in [-0.2, 0) is 4.74 Å². The third kappa shape index (κ3) is 3.28. The van der Waals surface area contributed by atoms with Gasteiger partial charge in [-0.05, 0) is 25.0 Å². The minimum Gasteiger partial charge on any atom is -0.406 e. The molecule has 1 aliphatic carbocycles. The molecule has 1 rings (SSSR count). The second-order valence-corrected chi connectivity index (χ2v) is 3.18. The molecule has 0 aromatic heterocycles. The van der Waals surface area contributed by atoms with Crippen molar-refractivity contribution in [1.82, 2.24) is 0 Å². The second kappa shape index (κ2) is 3.90. The maximum absolute atomic E-state index is 11.8. The number of ether oxygens (including phenoxy) is 1. The van der Waals surface area contributed by atoms with Gasteiger partial charge in [0.1, 0.15) is 5.76 Å². The first-order valence-corrected chi connectivity index (χ1v) is 4.21. The number of allylic oxidation sites excluding steroid dienone is 5. The van der Waals surface area contributed by atoms with E-state index in [1.165, 1.54) is 12.2 Å². The molecule has 1 nitrogen and oxygen atoms in total. The number of hydrogen-bond donors (Lipinski definition) is 0. The highest BCUT2D eigenvalue weighted by Gasteiger charge is 2.31. The average molecular weight is 204 g/mol. The summed E-state index contributed by atoms with van der Waals surface area (Å²) in [5.41, 5.74) is 1.00. The summed E-state index contributed by atoms with van der Waals surface area (Å²) in [6.45, 7) is 3.77. The van der Waals surface area contributed by atoms with Crippen molar-refractivity contribution in [3.8, 4) is 0 Å². The molecule has 1 atom stereocenters. The van der Waals surface area contributed by atoms with Gasteiger partial charge in [-0.1, -0.05) is 24.6 Å². The molecule has 0 saturated carbocycles. The molecular formula is C10H11F3O. The minimum absolute atomic E-state index is 0.139. The van der Waals surface area contributed by atoms with Crippen molar-refractivity contribution in [2.24, 2.45) is 5.92 Å². The molecule has 0 radical (unpaired) electrons.